The van der Waals surface area contributed by atoms with Gasteiger partial charge in [-0.2, -0.15) is 9.90 Å². The normalized spacial score (nSPS) is 16.7. The predicted molar refractivity (Wildman–Crippen MR) is 41.0 cm³/mol. The van der Waals surface area contributed by atoms with Gasteiger partial charge in [0.1, 0.15) is 6.10 Å². The highest BCUT2D eigenvalue weighted by atomic mass is 16.6. The lowest BCUT2D eigenvalue weighted by molar-refractivity contribution is -0.103. The monoisotopic (exact) mass is 183 g/mol. The average Bonchev–Trinajstić information content (AvgIpc) is 2.44. The van der Waals surface area contributed by atoms with Crippen molar-refractivity contribution < 1.29 is 14.3 Å². The number of hydrogen-bond donors (Lipinski definition) is 0. The lowest BCUT2D eigenvalue weighted by Crippen LogP contribution is -2.37. The van der Waals surface area contributed by atoms with E-state index in [0.29, 0.717) is 13.2 Å². The van der Waals surface area contributed by atoms with Gasteiger partial charge in [-0.3, -0.25) is 0 Å². The van der Waals surface area contributed by atoms with Crippen LogP contribution in [-0.2, 0) is 16.5 Å². The van der Waals surface area contributed by atoms with Crippen LogP contribution in [0.5, 0.6) is 0 Å². The number of esters is 1. The Morgan fingerprint density at radius 3 is 3.00 bits per heavy atom. The van der Waals surface area contributed by atoms with Gasteiger partial charge in [-0.05, 0) is 0 Å². The molecule has 0 bridgehead atoms. The Hall–Kier alpha value is -1.43. The predicted octanol–water partition coefficient (Wildman–Crippen LogP) is -0.629. The van der Waals surface area contributed by atoms with Crippen LogP contribution in [0, 0.1) is 0 Å². The molecule has 1 aromatic rings. The first kappa shape index (κ1) is 8.18. The number of aryl methyl sites for hydroxylation is 1. The SMILES string of the molecule is Cn1ncc(C(=O)OC2COC2)n1. The third-order valence-corrected chi connectivity index (χ3v) is 1.69. The average molecular weight is 183 g/mol. The maximum Gasteiger partial charge on any atom is 0.360 e. The van der Waals surface area contributed by atoms with Crippen molar-refractivity contribution in [3.63, 3.8) is 0 Å². The topological polar surface area (TPSA) is 66.2 Å². The van der Waals surface area contributed by atoms with Gasteiger partial charge in [0.15, 0.2) is 5.69 Å². The van der Waals surface area contributed by atoms with Gasteiger partial charge in [0.05, 0.1) is 19.4 Å². The smallest absolute Gasteiger partial charge is 0.360 e. The van der Waals surface area contributed by atoms with Gasteiger partial charge in [-0.25, -0.2) is 4.79 Å². The Labute approximate surface area is 74.4 Å². The van der Waals surface area contributed by atoms with E-state index < -0.39 is 5.97 Å². The van der Waals surface area contributed by atoms with Crippen molar-refractivity contribution in [1.29, 1.82) is 0 Å². The maximum atomic E-state index is 11.3. The molecule has 2 rings (SSSR count). The molecule has 2 heterocycles. The van der Waals surface area contributed by atoms with Crippen molar-refractivity contribution in [2.75, 3.05) is 13.2 Å². The lowest BCUT2D eigenvalue weighted by atomic mass is 10.3. The van der Waals surface area contributed by atoms with Gasteiger partial charge in [-0.15, -0.1) is 5.10 Å². The molecule has 1 fully saturated rings. The van der Waals surface area contributed by atoms with E-state index in [1.165, 1.54) is 11.0 Å². The summed E-state index contributed by atoms with van der Waals surface area (Å²) in [5.41, 5.74) is 0.231. The van der Waals surface area contributed by atoms with Crippen molar-refractivity contribution in [2.45, 2.75) is 6.10 Å². The molecule has 0 aromatic carbocycles. The zero-order valence-corrected chi connectivity index (χ0v) is 7.14. The molecular weight excluding hydrogens is 174 g/mol. The summed E-state index contributed by atoms with van der Waals surface area (Å²) in [6.45, 7) is 0.956. The fraction of sp³-hybridized carbons (Fsp3) is 0.571. The van der Waals surface area contributed by atoms with Crippen LogP contribution < -0.4 is 0 Å². The summed E-state index contributed by atoms with van der Waals surface area (Å²) >= 11 is 0. The van der Waals surface area contributed by atoms with Crippen LogP contribution in [0.1, 0.15) is 10.5 Å². The summed E-state index contributed by atoms with van der Waals surface area (Å²) in [5, 5.41) is 7.57. The van der Waals surface area contributed by atoms with Crippen LogP contribution in [0.25, 0.3) is 0 Å². The highest BCUT2D eigenvalue weighted by Gasteiger charge is 2.24. The molecule has 0 spiro atoms. The minimum atomic E-state index is -0.443. The van der Waals surface area contributed by atoms with E-state index in [-0.39, 0.29) is 11.8 Å². The number of hydrogen-bond acceptors (Lipinski definition) is 5. The molecule has 70 valence electrons. The van der Waals surface area contributed by atoms with Crippen LogP contribution in [0.3, 0.4) is 0 Å². The standard InChI is InChI=1S/C7H9N3O3/c1-10-8-2-6(9-10)7(11)13-5-3-12-4-5/h2,5H,3-4H2,1H3. The first-order valence-corrected chi connectivity index (χ1v) is 3.91. The fourth-order valence-corrected chi connectivity index (χ4v) is 0.933. The number of ether oxygens (including phenoxy) is 2. The van der Waals surface area contributed by atoms with Crippen molar-refractivity contribution in [3.8, 4) is 0 Å². The molecule has 0 atom stereocenters. The summed E-state index contributed by atoms with van der Waals surface area (Å²) < 4.78 is 9.86. The summed E-state index contributed by atoms with van der Waals surface area (Å²) in [5.74, 6) is -0.443. The van der Waals surface area contributed by atoms with E-state index >= 15 is 0 Å². The van der Waals surface area contributed by atoms with Gasteiger partial charge < -0.3 is 9.47 Å². The largest absolute Gasteiger partial charge is 0.453 e. The fourth-order valence-electron chi connectivity index (χ4n) is 0.933. The number of carbonyl (C=O) groups excluding carboxylic acids is 1. The van der Waals surface area contributed by atoms with E-state index in [9.17, 15) is 4.79 Å². The van der Waals surface area contributed by atoms with Crippen molar-refractivity contribution in [1.82, 2.24) is 15.0 Å². The van der Waals surface area contributed by atoms with Crippen LogP contribution in [0.2, 0.25) is 0 Å². The summed E-state index contributed by atoms with van der Waals surface area (Å²) in [6.07, 6.45) is 1.26. The molecule has 0 unspecified atom stereocenters. The highest BCUT2D eigenvalue weighted by Crippen LogP contribution is 2.07. The van der Waals surface area contributed by atoms with E-state index in [2.05, 4.69) is 10.2 Å². The van der Waals surface area contributed by atoms with E-state index in [1.807, 2.05) is 0 Å². The third-order valence-electron chi connectivity index (χ3n) is 1.69. The lowest BCUT2D eigenvalue weighted by Gasteiger charge is -2.24. The zero-order chi connectivity index (χ0) is 9.26. The Bertz CT molecular complexity index is 319. The number of aromatic nitrogens is 3. The van der Waals surface area contributed by atoms with Crippen LogP contribution in [0.15, 0.2) is 6.20 Å². The molecule has 0 amide bonds. The zero-order valence-electron chi connectivity index (χ0n) is 7.14. The van der Waals surface area contributed by atoms with E-state index in [1.54, 1.807) is 7.05 Å². The molecule has 1 aliphatic rings. The van der Waals surface area contributed by atoms with Crippen molar-refractivity contribution >= 4 is 5.97 Å². The second-order valence-corrected chi connectivity index (χ2v) is 2.78. The van der Waals surface area contributed by atoms with Gasteiger partial charge in [0.25, 0.3) is 0 Å². The van der Waals surface area contributed by atoms with E-state index in [4.69, 9.17) is 9.47 Å². The van der Waals surface area contributed by atoms with Crippen molar-refractivity contribution in [3.05, 3.63) is 11.9 Å². The summed E-state index contributed by atoms with van der Waals surface area (Å²) in [4.78, 5) is 12.6. The van der Waals surface area contributed by atoms with Gasteiger partial charge in [-0.1, -0.05) is 0 Å². The molecule has 0 radical (unpaired) electrons. The highest BCUT2D eigenvalue weighted by molar-refractivity contribution is 5.86. The van der Waals surface area contributed by atoms with E-state index in [0.717, 1.165) is 0 Å². The van der Waals surface area contributed by atoms with Gasteiger partial charge in [0, 0.05) is 7.05 Å². The number of carbonyl (C=O) groups is 1. The van der Waals surface area contributed by atoms with Gasteiger partial charge >= 0.3 is 5.97 Å². The van der Waals surface area contributed by atoms with Crippen molar-refractivity contribution in [2.24, 2.45) is 7.05 Å². The van der Waals surface area contributed by atoms with Crippen LogP contribution in [0.4, 0.5) is 0 Å². The Kier molecular flexibility index (Phi) is 1.97. The maximum absolute atomic E-state index is 11.3. The number of rotatable bonds is 2. The molecule has 0 saturated carbocycles. The molecule has 6 heteroatoms. The Morgan fingerprint density at radius 2 is 2.54 bits per heavy atom. The Morgan fingerprint density at radius 1 is 1.77 bits per heavy atom. The minimum absolute atomic E-state index is 0.116. The molecule has 0 N–H and O–H groups in total. The first-order chi connectivity index (χ1) is 6.25. The second kappa shape index (κ2) is 3.14. The molecule has 1 saturated heterocycles. The number of nitrogens with zero attached hydrogens (tertiary/aromatic N) is 3. The first-order valence-electron chi connectivity index (χ1n) is 3.91. The van der Waals surface area contributed by atoms with Crippen LogP contribution >= 0.6 is 0 Å². The molecule has 13 heavy (non-hydrogen) atoms. The van der Waals surface area contributed by atoms with Crippen LogP contribution in [-0.4, -0.2) is 40.3 Å². The quantitative estimate of drug-likeness (QED) is 0.571. The molecule has 6 nitrogen and oxygen atoms in total. The molecule has 1 aliphatic heterocycles. The molecular formula is C7H9N3O3. The molecule has 0 aliphatic carbocycles. The second-order valence-electron chi connectivity index (χ2n) is 2.78. The summed E-state index contributed by atoms with van der Waals surface area (Å²) in [6, 6.07) is 0. The Balaban J connectivity index is 1.96. The minimum Gasteiger partial charge on any atom is -0.453 e. The van der Waals surface area contributed by atoms with Gasteiger partial charge in [0.2, 0.25) is 0 Å². The summed E-state index contributed by atoms with van der Waals surface area (Å²) in [7, 11) is 1.64. The third kappa shape index (κ3) is 1.67. The molecule has 1 aromatic heterocycles.